The standard InChI is InChI=1S/C21H17N5O2S2/c1-13-25-20-18(30-13)8-17(16-6-7-29-21(16)20)28-10-19(27)23-9-14-2-4-15(5-3-14)26-12-22-11-24-26/h2-8,11-12H,9-10H2,1H3,(H,23,27). The van der Waals surface area contributed by atoms with Crippen LogP contribution in [0.25, 0.3) is 26.0 Å². The quantitative estimate of drug-likeness (QED) is 0.434. The maximum absolute atomic E-state index is 12.3. The molecule has 1 amide bonds. The van der Waals surface area contributed by atoms with Gasteiger partial charge in [0.1, 0.15) is 18.4 Å². The number of nitrogens with one attached hydrogen (secondary N) is 1. The van der Waals surface area contributed by atoms with Gasteiger partial charge in [0.05, 0.1) is 25.6 Å². The highest BCUT2D eigenvalue weighted by atomic mass is 32.1. The minimum atomic E-state index is -0.167. The second-order valence-corrected chi connectivity index (χ2v) is 8.84. The largest absolute Gasteiger partial charge is 0.483 e. The zero-order valence-corrected chi connectivity index (χ0v) is 17.7. The second kappa shape index (κ2) is 7.85. The molecule has 5 rings (SSSR count). The minimum Gasteiger partial charge on any atom is -0.483 e. The molecule has 3 aromatic heterocycles. The fourth-order valence-corrected chi connectivity index (χ4v) is 5.04. The predicted octanol–water partition coefficient (Wildman–Crippen LogP) is 4.10. The van der Waals surface area contributed by atoms with Crippen LogP contribution >= 0.6 is 22.7 Å². The van der Waals surface area contributed by atoms with Crippen molar-refractivity contribution in [2.24, 2.45) is 0 Å². The Balaban J connectivity index is 1.22. The maximum Gasteiger partial charge on any atom is 0.258 e. The molecule has 0 unspecified atom stereocenters. The van der Waals surface area contributed by atoms with Crippen molar-refractivity contribution in [3.05, 3.63) is 65.0 Å². The van der Waals surface area contributed by atoms with E-state index in [1.807, 2.05) is 48.7 Å². The maximum atomic E-state index is 12.3. The number of thiazole rings is 1. The smallest absolute Gasteiger partial charge is 0.258 e. The highest BCUT2D eigenvalue weighted by molar-refractivity contribution is 7.21. The molecule has 5 aromatic rings. The number of carbonyl (C=O) groups excluding carboxylic acids is 1. The Morgan fingerprint density at radius 2 is 2.10 bits per heavy atom. The zero-order chi connectivity index (χ0) is 20.5. The summed E-state index contributed by atoms with van der Waals surface area (Å²) in [5.74, 6) is 0.550. The molecular weight excluding hydrogens is 418 g/mol. The molecule has 30 heavy (non-hydrogen) atoms. The molecule has 3 heterocycles. The van der Waals surface area contributed by atoms with Gasteiger partial charge in [-0.1, -0.05) is 12.1 Å². The van der Waals surface area contributed by atoms with Crippen molar-refractivity contribution in [1.29, 1.82) is 0 Å². The third kappa shape index (κ3) is 3.64. The van der Waals surface area contributed by atoms with Crippen LogP contribution in [0.5, 0.6) is 5.75 Å². The summed E-state index contributed by atoms with van der Waals surface area (Å²) in [6, 6.07) is 11.8. The van der Waals surface area contributed by atoms with Crippen LogP contribution in [0.3, 0.4) is 0 Å². The molecule has 2 aromatic carbocycles. The number of carbonyl (C=O) groups is 1. The van der Waals surface area contributed by atoms with E-state index in [1.54, 1.807) is 33.7 Å². The number of aromatic nitrogens is 4. The van der Waals surface area contributed by atoms with E-state index in [9.17, 15) is 4.79 Å². The van der Waals surface area contributed by atoms with Crippen LogP contribution in [0.2, 0.25) is 0 Å². The van der Waals surface area contributed by atoms with Crippen molar-refractivity contribution in [3.63, 3.8) is 0 Å². The van der Waals surface area contributed by atoms with E-state index in [4.69, 9.17) is 4.74 Å². The zero-order valence-electron chi connectivity index (χ0n) is 16.0. The summed E-state index contributed by atoms with van der Waals surface area (Å²) in [7, 11) is 0. The Kier molecular flexibility index (Phi) is 4.89. The monoisotopic (exact) mass is 435 g/mol. The highest BCUT2D eigenvalue weighted by Crippen LogP contribution is 2.38. The van der Waals surface area contributed by atoms with Gasteiger partial charge in [-0.2, -0.15) is 5.10 Å². The van der Waals surface area contributed by atoms with Crippen molar-refractivity contribution in [3.8, 4) is 11.4 Å². The summed E-state index contributed by atoms with van der Waals surface area (Å²) in [5, 5.41) is 11.0. The molecule has 0 saturated heterocycles. The molecule has 7 nitrogen and oxygen atoms in total. The van der Waals surface area contributed by atoms with Crippen molar-refractivity contribution < 1.29 is 9.53 Å². The molecule has 0 bridgehead atoms. The van der Waals surface area contributed by atoms with Gasteiger partial charge in [0.25, 0.3) is 5.91 Å². The van der Waals surface area contributed by atoms with Crippen molar-refractivity contribution in [1.82, 2.24) is 25.1 Å². The lowest BCUT2D eigenvalue weighted by molar-refractivity contribution is -0.123. The Labute approximate surface area is 180 Å². The number of amides is 1. The van der Waals surface area contributed by atoms with Gasteiger partial charge in [0, 0.05) is 18.0 Å². The van der Waals surface area contributed by atoms with Gasteiger partial charge >= 0.3 is 0 Å². The molecule has 0 saturated carbocycles. The molecule has 0 aliphatic rings. The Morgan fingerprint density at radius 1 is 1.23 bits per heavy atom. The van der Waals surface area contributed by atoms with Gasteiger partial charge in [0.15, 0.2) is 6.61 Å². The first kappa shape index (κ1) is 18.7. The van der Waals surface area contributed by atoms with Gasteiger partial charge in [-0.3, -0.25) is 4.79 Å². The molecule has 9 heteroatoms. The number of nitrogens with zero attached hydrogens (tertiary/aromatic N) is 4. The Hall–Kier alpha value is -3.30. The number of hydrogen-bond acceptors (Lipinski definition) is 7. The second-order valence-electron chi connectivity index (χ2n) is 6.69. The van der Waals surface area contributed by atoms with E-state index in [1.165, 1.54) is 6.33 Å². The topological polar surface area (TPSA) is 81.9 Å². The average Bonchev–Trinajstić information content (AvgIpc) is 3.50. The molecule has 0 atom stereocenters. The van der Waals surface area contributed by atoms with Crippen LogP contribution in [-0.2, 0) is 11.3 Å². The van der Waals surface area contributed by atoms with Crippen molar-refractivity contribution in [2.45, 2.75) is 13.5 Å². The number of thiophene rings is 1. The molecule has 0 radical (unpaired) electrons. The average molecular weight is 436 g/mol. The molecule has 0 aliphatic heterocycles. The van der Waals surface area contributed by atoms with E-state index in [2.05, 4.69) is 20.4 Å². The molecule has 1 N–H and O–H groups in total. The summed E-state index contributed by atoms with van der Waals surface area (Å²) in [6.45, 7) is 2.39. The number of aryl methyl sites for hydroxylation is 1. The molecule has 0 fully saturated rings. The first-order valence-electron chi connectivity index (χ1n) is 9.28. The lowest BCUT2D eigenvalue weighted by atomic mass is 10.2. The Bertz CT molecular complexity index is 1320. The van der Waals surface area contributed by atoms with Crippen LogP contribution in [0, 0.1) is 6.92 Å². The van der Waals surface area contributed by atoms with Gasteiger partial charge in [-0.25, -0.2) is 14.6 Å². The van der Waals surface area contributed by atoms with Crippen LogP contribution in [0.1, 0.15) is 10.6 Å². The SMILES string of the molecule is Cc1nc2c(cc(OCC(=O)NCc3ccc(-n4cncn4)cc3)c3ccsc32)s1. The predicted molar refractivity (Wildman–Crippen MR) is 118 cm³/mol. The van der Waals surface area contributed by atoms with Crippen molar-refractivity contribution in [2.75, 3.05) is 6.61 Å². The van der Waals surface area contributed by atoms with Crippen LogP contribution < -0.4 is 10.1 Å². The fourth-order valence-electron chi connectivity index (χ4n) is 3.21. The van der Waals surface area contributed by atoms with Gasteiger partial charge in [-0.15, -0.1) is 22.7 Å². The number of rotatable bonds is 6. The molecule has 0 spiro atoms. The first-order chi connectivity index (χ1) is 14.7. The van der Waals surface area contributed by atoms with Gasteiger partial charge in [-0.05, 0) is 36.1 Å². The minimum absolute atomic E-state index is 0.0364. The summed E-state index contributed by atoms with van der Waals surface area (Å²) < 4.78 is 9.72. The van der Waals surface area contributed by atoms with E-state index in [0.717, 1.165) is 42.3 Å². The van der Waals surface area contributed by atoms with E-state index in [-0.39, 0.29) is 12.5 Å². The number of fused-ring (bicyclic) bond motifs is 3. The van der Waals surface area contributed by atoms with Crippen LogP contribution in [0.15, 0.2) is 54.4 Å². The van der Waals surface area contributed by atoms with E-state index >= 15 is 0 Å². The highest BCUT2D eigenvalue weighted by Gasteiger charge is 2.13. The molecule has 0 aliphatic carbocycles. The van der Waals surface area contributed by atoms with Gasteiger partial charge in [0.2, 0.25) is 0 Å². The van der Waals surface area contributed by atoms with Gasteiger partial charge < -0.3 is 10.1 Å². The molecular formula is C21H17N5O2S2. The number of hydrogen-bond donors (Lipinski definition) is 1. The normalized spacial score (nSPS) is 11.2. The first-order valence-corrected chi connectivity index (χ1v) is 11.0. The summed E-state index contributed by atoms with van der Waals surface area (Å²) in [6.07, 6.45) is 3.13. The van der Waals surface area contributed by atoms with E-state index in [0.29, 0.717) is 6.54 Å². The number of benzene rings is 2. The third-order valence-corrected chi connectivity index (χ3v) is 6.48. The third-order valence-electron chi connectivity index (χ3n) is 4.64. The summed E-state index contributed by atoms with van der Waals surface area (Å²) >= 11 is 3.27. The van der Waals surface area contributed by atoms with Crippen molar-refractivity contribution >= 4 is 48.9 Å². The fraction of sp³-hybridized carbons (Fsp3) is 0.143. The molecule has 150 valence electrons. The van der Waals surface area contributed by atoms with Crippen LogP contribution in [-0.4, -0.2) is 32.3 Å². The lowest BCUT2D eigenvalue weighted by Gasteiger charge is -2.09. The summed E-state index contributed by atoms with van der Waals surface area (Å²) in [4.78, 5) is 20.9. The van der Waals surface area contributed by atoms with Crippen LogP contribution in [0.4, 0.5) is 0 Å². The Morgan fingerprint density at radius 3 is 2.90 bits per heavy atom. The van der Waals surface area contributed by atoms with E-state index < -0.39 is 0 Å². The number of ether oxygens (including phenoxy) is 1. The summed E-state index contributed by atoms with van der Waals surface area (Å²) in [5.41, 5.74) is 2.92. The lowest BCUT2D eigenvalue weighted by Crippen LogP contribution is -2.28.